The highest BCUT2D eigenvalue weighted by Crippen LogP contribution is 2.30. The summed E-state index contributed by atoms with van der Waals surface area (Å²) >= 11 is 0. The van der Waals surface area contributed by atoms with Crippen molar-refractivity contribution in [1.29, 1.82) is 0 Å². The van der Waals surface area contributed by atoms with Crippen molar-refractivity contribution in [2.45, 2.75) is 38.6 Å². The maximum Gasteiger partial charge on any atom is 0.339 e. The summed E-state index contributed by atoms with van der Waals surface area (Å²) in [5.41, 5.74) is 6.69. The third-order valence-electron chi connectivity index (χ3n) is 3.65. The normalized spacial score (nSPS) is 15.2. The first-order valence-electron chi connectivity index (χ1n) is 6.74. The number of rotatable bonds is 5. The van der Waals surface area contributed by atoms with Crippen LogP contribution in [-0.4, -0.2) is 34.6 Å². The zero-order chi connectivity index (χ0) is 14.7. The molecule has 20 heavy (non-hydrogen) atoms. The van der Waals surface area contributed by atoms with Gasteiger partial charge in [0, 0.05) is 17.9 Å². The summed E-state index contributed by atoms with van der Waals surface area (Å²) in [6.07, 6.45) is 5.43. The fourth-order valence-corrected chi connectivity index (χ4v) is 2.74. The Morgan fingerprint density at radius 2 is 2.10 bits per heavy atom. The van der Waals surface area contributed by atoms with Crippen LogP contribution in [0.1, 0.15) is 41.7 Å². The lowest BCUT2D eigenvalue weighted by atomic mass is 10.1. The number of carbonyl (C=O) groups is 2. The molecular weight excluding hydrogens is 258 g/mol. The molecule has 0 bridgehead atoms. The molecule has 1 aromatic heterocycles. The van der Waals surface area contributed by atoms with E-state index >= 15 is 0 Å². The first-order valence-corrected chi connectivity index (χ1v) is 6.74. The summed E-state index contributed by atoms with van der Waals surface area (Å²) in [6.45, 7) is 1.83. The first kappa shape index (κ1) is 14.3. The summed E-state index contributed by atoms with van der Waals surface area (Å²) < 4.78 is 0. The molecule has 3 N–H and O–H groups in total. The zero-order valence-corrected chi connectivity index (χ0v) is 11.5. The lowest BCUT2D eigenvalue weighted by molar-refractivity contribution is -0.116. The van der Waals surface area contributed by atoms with E-state index in [2.05, 4.69) is 4.98 Å². The number of nitrogens with two attached hydrogens (primary N) is 1. The molecule has 6 nitrogen and oxygen atoms in total. The number of carboxylic acids is 1. The predicted molar refractivity (Wildman–Crippen MR) is 74.7 cm³/mol. The van der Waals surface area contributed by atoms with Gasteiger partial charge in [-0.2, -0.15) is 0 Å². The topological polar surface area (TPSA) is 96.5 Å². The van der Waals surface area contributed by atoms with Gasteiger partial charge in [-0.15, -0.1) is 0 Å². The summed E-state index contributed by atoms with van der Waals surface area (Å²) in [5, 5.41) is 9.30. The molecule has 1 aromatic rings. The van der Waals surface area contributed by atoms with Gasteiger partial charge >= 0.3 is 5.97 Å². The van der Waals surface area contributed by atoms with E-state index in [0.717, 1.165) is 31.4 Å². The second-order valence-electron chi connectivity index (χ2n) is 5.18. The van der Waals surface area contributed by atoms with Crippen LogP contribution in [0.15, 0.2) is 12.3 Å². The van der Waals surface area contributed by atoms with Gasteiger partial charge in [-0.3, -0.25) is 9.78 Å². The molecule has 0 spiro atoms. The zero-order valence-electron chi connectivity index (χ0n) is 11.5. The van der Waals surface area contributed by atoms with Gasteiger partial charge in [-0.25, -0.2) is 4.79 Å². The van der Waals surface area contributed by atoms with E-state index in [9.17, 15) is 14.7 Å². The lowest BCUT2D eigenvalue weighted by Gasteiger charge is -2.31. The number of pyridine rings is 1. The average Bonchev–Trinajstić information content (AvgIpc) is 2.88. The number of aromatic carboxylic acids is 1. The van der Waals surface area contributed by atoms with Crippen molar-refractivity contribution in [3.63, 3.8) is 0 Å². The minimum atomic E-state index is -1.04. The number of primary amides is 1. The Bertz CT molecular complexity index is 524. The molecule has 1 amide bonds. The fourth-order valence-electron chi connectivity index (χ4n) is 2.74. The van der Waals surface area contributed by atoms with Crippen molar-refractivity contribution in [2.75, 3.05) is 11.4 Å². The molecular formula is C14H19N3O3. The van der Waals surface area contributed by atoms with Gasteiger partial charge in [0.25, 0.3) is 0 Å². The molecule has 0 saturated heterocycles. The Labute approximate surface area is 117 Å². The number of hydrogen-bond donors (Lipinski definition) is 2. The number of amides is 1. The van der Waals surface area contributed by atoms with E-state index in [4.69, 9.17) is 5.73 Å². The van der Waals surface area contributed by atoms with Crippen molar-refractivity contribution in [3.8, 4) is 0 Å². The molecule has 1 heterocycles. The monoisotopic (exact) mass is 277 g/mol. The maximum absolute atomic E-state index is 11.4. The van der Waals surface area contributed by atoms with Gasteiger partial charge in [-0.1, -0.05) is 12.8 Å². The number of anilines is 1. The van der Waals surface area contributed by atoms with Gasteiger partial charge < -0.3 is 15.7 Å². The van der Waals surface area contributed by atoms with E-state index in [1.807, 2.05) is 4.90 Å². The van der Waals surface area contributed by atoms with Gasteiger partial charge in [0.05, 0.1) is 12.2 Å². The van der Waals surface area contributed by atoms with Crippen LogP contribution >= 0.6 is 0 Å². The third kappa shape index (κ3) is 3.07. The summed E-state index contributed by atoms with van der Waals surface area (Å²) in [7, 11) is 0. The molecule has 0 radical (unpaired) electrons. The van der Waals surface area contributed by atoms with Crippen molar-refractivity contribution < 1.29 is 14.7 Å². The van der Waals surface area contributed by atoms with Crippen LogP contribution < -0.4 is 10.6 Å². The van der Waals surface area contributed by atoms with E-state index < -0.39 is 11.9 Å². The van der Waals surface area contributed by atoms with Crippen molar-refractivity contribution in [3.05, 3.63) is 23.5 Å². The number of aryl methyl sites for hydroxylation is 1. The van der Waals surface area contributed by atoms with Gasteiger partial charge in [0.1, 0.15) is 5.56 Å². The summed E-state index contributed by atoms with van der Waals surface area (Å²) in [5.74, 6) is -1.50. The molecule has 2 rings (SSSR count). The minimum absolute atomic E-state index is 0.0361. The SMILES string of the molecule is Cc1cc(N(CC(N)=O)C2CCCC2)c(C(=O)O)cn1. The van der Waals surface area contributed by atoms with Crippen LogP contribution in [0.4, 0.5) is 5.69 Å². The molecule has 1 aliphatic carbocycles. The summed E-state index contributed by atoms with van der Waals surface area (Å²) in [6, 6.07) is 1.88. The predicted octanol–water partition coefficient (Wildman–Crippen LogP) is 1.32. The van der Waals surface area contributed by atoms with Crippen molar-refractivity contribution >= 4 is 17.6 Å². The lowest BCUT2D eigenvalue weighted by Crippen LogP contribution is -2.41. The Balaban J connectivity index is 2.43. The number of carboxylic acid groups (broad SMARTS) is 1. The highest BCUT2D eigenvalue weighted by atomic mass is 16.4. The molecule has 1 saturated carbocycles. The Morgan fingerprint density at radius 1 is 1.45 bits per heavy atom. The number of aromatic nitrogens is 1. The number of carbonyl (C=O) groups excluding carboxylic acids is 1. The highest BCUT2D eigenvalue weighted by Gasteiger charge is 2.27. The third-order valence-corrected chi connectivity index (χ3v) is 3.65. The van der Waals surface area contributed by atoms with E-state index in [1.165, 1.54) is 6.20 Å². The molecule has 6 heteroatoms. The fraction of sp³-hybridized carbons (Fsp3) is 0.500. The van der Waals surface area contributed by atoms with Crippen LogP contribution in [-0.2, 0) is 4.79 Å². The van der Waals surface area contributed by atoms with Crippen molar-refractivity contribution in [1.82, 2.24) is 4.98 Å². The molecule has 0 aromatic carbocycles. The van der Waals surface area contributed by atoms with Crippen LogP contribution in [0.5, 0.6) is 0 Å². The second kappa shape index (κ2) is 5.90. The molecule has 1 fully saturated rings. The van der Waals surface area contributed by atoms with Crippen LogP contribution in [0.3, 0.4) is 0 Å². The molecule has 0 unspecified atom stereocenters. The average molecular weight is 277 g/mol. The Hall–Kier alpha value is -2.11. The van der Waals surface area contributed by atoms with Gasteiger partial charge in [-0.05, 0) is 25.8 Å². The molecule has 108 valence electrons. The molecule has 0 aliphatic heterocycles. The van der Waals surface area contributed by atoms with Gasteiger partial charge in [0.15, 0.2) is 0 Å². The number of nitrogens with zero attached hydrogens (tertiary/aromatic N) is 2. The minimum Gasteiger partial charge on any atom is -0.478 e. The quantitative estimate of drug-likeness (QED) is 0.846. The first-order chi connectivity index (χ1) is 9.49. The standard InChI is InChI=1S/C14H19N3O3/c1-9-6-12(11(7-16-9)14(19)20)17(8-13(15)18)10-4-2-3-5-10/h6-7,10H,2-5,8H2,1H3,(H2,15,18)(H,19,20). The summed E-state index contributed by atoms with van der Waals surface area (Å²) in [4.78, 5) is 28.5. The Morgan fingerprint density at radius 3 is 2.65 bits per heavy atom. The number of hydrogen-bond acceptors (Lipinski definition) is 4. The van der Waals surface area contributed by atoms with Crippen LogP contribution in [0.25, 0.3) is 0 Å². The Kier molecular flexibility index (Phi) is 4.22. The van der Waals surface area contributed by atoms with E-state index in [0.29, 0.717) is 5.69 Å². The van der Waals surface area contributed by atoms with Gasteiger partial charge in [0.2, 0.25) is 5.91 Å². The molecule has 0 atom stereocenters. The largest absolute Gasteiger partial charge is 0.478 e. The van der Waals surface area contributed by atoms with Crippen LogP contribution in [0, 0.1) is 6.92 Å². The van der Waals surface area contributed by atoms with E-state index in [-0.39, 0.29) is 18.2 Å². The maximum atomic E-state index is 11.4. The van der Waals surface area contributed by atoms with Crippen molar-refractivity contribution in [2.24, 2.45) is 5.73 Å². The molecule has 1 aliphatic rings. The smallest absolute Gasteiger partial charge is 0.339 e. The van der Waals surface area contributed by atoms with E-state index in [1.54, 1.807) is 13.0 Å². The highest BCUT2D eigenvalue weighted by molar-refractivity contribution is 5.95. The van der Waals surface area contributed by atoms with Crippen LogP contribution in [0.2, 0.25) is 0 Å². The second-order valence-corrected chi connectivity index (χ2v) is 5.18.